The second-order valence-corrected chi connectivity index (χ2v) is 4.32. The van der Waals surface area contributed by atoms with Crippen molar-refractivity contribution in [1.82, 2.24) is 9.88 Å². The molecule has 100 valence electrons. The van der Waals surface area contributed by atoms with E-state index < -0.39 is 0 Å². The average Bonchev–Trinajstić information content (AvgIpc) is 2.37. The first-order chi connectivity index (χ1) is 8.56. The fourth-order valence-corrected chi connectivity index (χ4v) is 1.52. The molecule has 1 aromatic rings. The summed E-state index contributed by atoms with van der Waals surface area (Å²) >= 11 is 0. The number of anilines is 1. The zero-order valence-corrected chi connectivity index (χ0v) is 11.4. The van der Waals surface area contributed by atoms with E-state index >= 15 is 0 Å². The number of likely N-dealkylation sites (N-methyl/N-ethyl adjacent to an activating group) is 1. The van der Waals surface area contributed by atoms with E-state index in [1.165, 1.54) is 0 Å². The molecule has 0 fully saturated rings. The van der Waals surface area contributed by atoms with Gasteiger partial charge in [0.05, 0.1) is 18.3 Å². The molecule has 5 nitrogen and oxygen atoms in total. The lowest BCUT2D eigenvalue weighted by atomic mass is 10.2. The smallest absolute Gasteiger partial charge is 0.257 e. The molecule has 0 aromatic carbocycles. The Morgan fingerprint density at radius 3 is 2.89 bits per heavy atom. The van der Waals surface area contributed by atoms with Crippen molar-refractivity contribution < 1.29 is 9.53 Å². The summed E-state index contributed by atoms with van der Waals surface area (Å²) in [5.74, 6) is -0.0557. The fraction of sp³-hybridized carbons (Fsp3) is 0.538. The van der Waals surface area contributed by atoms with Gasteiger partial charge in [-0.1, -0.05) is 0 Å². The molecule has 0 bridgehead atoms. The predicted molar refractivity (Wildman–Crippen MR) is 71.8 cm³/mol. The molecule has 18 heavy (non-hydrogen) atoms. The third-order valence-electron chi connectivity index (χ3n) is 2.55. The molecule has 1 rings (SSSR count). The van der Waals surface area contributed by atoms with Gasteiger partial charge < -0.3 is 15.0 Å². The van der Waals surface area contributed by atoms with E-state index in [2.05, 4.69) is 10.3 Å². The van der Waals surface area contributed by atoms with Crippen LogP contribution in [0.4, 0.5) is 5.69 Å². The van der Waals surface area contributed by atoms with Gasteiger partial charge in [0.25, 0.3) is 5.91 Å². The molecular formula is C13H21N3O2. The van der Waals surface area contributed by atoms with Crippen molar-refractivity contribution in [3.63, 3.8) is 0 Å². The number of nitrogens with one attached hydrogen (secondary N) is 1. The molecule has 1 amide bonds. The lowest BCUT2D eigenvalue weighted by molar-refractivity contribution is 0.0532. The van der Waals surface area contributed by atoms with Crippen LogP contribution in [0.3, 0.4) is 0 Å². The topological polar surface area (TPSA) is 54.5 Å². The van der Waals surface area contributed by atoms with E-state index in [1.807, 2.05) is 13.8 Å². The minimum atomic E-state index is -0.0557. The second kappa shape index (κ2) is 6.96. The molecule has 0 spiro atoms. The first-order valence-electron chi connectivity index (χ1n) is 6.05. The summed E-state index contributed by atoms with van der Waals surface area (Å²) in [4.78, 5) is 17.8. The molecule has 1 heterocycles. The lowest BCUT2D eigenvalue weighted by Gasteiger charge is -2.19. The maximum atomic E-state index is 12.2. The number of nitrogens with zero attached hydrogens (tertiary/aromatic N) is 2. The zero-order chi connectivity index (χ0) is 13.5. The predicted octanol–water partition coefficient (Wildman–Crippen LogP) is 1.62. The number of aromatic nitrogens is 1. The van der Waals surface area contributed by atoms with E-state index in [9.17, 15) is 4.79 Å². The first-order valence-corrected chi connectivity index (χ1v) is 6.05. The molecule has 0 aliphatic rings. The van der Waals surface area contributed by atoms with Gasteiger partial charge in [0.1, 0.15) is 0 Å². The highest BCUT2D eigenvalue weighted by Crippen LogP contribution is 2.14. The lowest BCUT2D eigenvalue weighted by Crippen LogP contribution is -2.31. The van der Waals surface area contributed by atoms with Crippen LogP contribution in [0.25, 0.3) is 0 Å². The Kier molecular flexibility index (Phi) is 5.58. The number of pyridine rings is 1. The van der Waals surface area contributed by atoms with Crippen molar-refractivity contribution in [3.05, 3.63) is 24.0 Å². The minimum Gasteiger partial charge on any atom is -0.387 e. The van der Waals surface area contributed by atoms with E-state index in [0.717, 1.165) is 5.69 Å². The normalized spacial score (nSPS) is 10.5. The zero-order valence-electron chi connectivity index (χ0n) is 11.4. The SMILES string of the molecule is CNc1ccncc1C(=O)N(C)CCOC(C)C. The van der Waals surface area contributed by atoms with Crippen LogP contribution in [0.15, 0.2) is 18.5 Å². The summed E-state index contributed by atoms with van der Waals surface area (Å²) in [6.07, 6.45) is 3.41. The quantitative estimate of drug-likeness (QED) is 0.834. The van der Waals surface area contributed by atoms with Crippen molar-refractivity contribution in [2.24, 2.45) is 0 Å². The van der Waals surface area contributed by atoms with Gasteiger partial charge in [-0.2, -0.15) is 0 Å². The molecule has 0 saturated carbocycles. The molecule has 0 saturated heterocycles. The van der Waals surface area contributed by atoms with E-state index in [-0.39, 0.29) is 12.0 Å². The highest BCUT2D eigenvalue weighted by atomic mass is 16.5. The molecule has 0 atom stereocenters. The van der Waals surface area contributed by atoms with E-state index in [0.29, 0.717) is 18.7 Å². The molecule has 0 unspecified atom stereocenters. The number of amides is 1. The largest absolute Gasteiger partial charge is 0.387 e. The number of carbonyl (C=O) groups is 1. The number of rotatable bonds is 6. The summed E-state index contributed by atoms with van der Waals surface area (Å²) in [6, 6.07) is 1.78. The van der Waals surface area contributed by atoms with Gasteiger partial charge in [-0.15, -0.1) is 0 Å². The van der Waals surface area contributed by atoms with Crippen LogP contribution in [-0.4, -0.2) is 49.1 Å². The third-order valence-corrected chi connectivity index (χ3v) is 2.55. The maximum Gasteiger partial charge on any atom is 0.257 e. The monoisotopic (exact) mass is 251 g/mol. The Bertz CT molecular complexity index is 394. The second-order valence-electron chi connectivity index (χ2n) is 4.32. The van der Waals surface area contributed by atoms with Gasteiger partial charge in [-0.25, -0.2) is 0 Å². The summed E-state index contributed by atoms with van der Waals surface area (Å²) in [5, 5.41) is 2.99. The van der Waals surface area contributed by atoms with Crippen molar-refractivity contribution in [3.8, 4) is 0 Å². The van der Waals surface area contributed by atoms with Crippen molar-refractivity contribution >= 4 is 11.6 Å². The van der Waals surface area contributed by atoms with Crippen molar-refractivity contribution in [1.29, 1.82) is 0 Å². The Morgan fingerprint density at radius 2 is 2.28 bits per heavy atom. The van der Waals surface area contributed by atoms with Crippen molar-refractivity contribution in [2.75, 3.05) is 32.6 Å². The third kappa shape index (κ3) is 4.00. The molecule has 0 aliphatic carbocycles. The fourth-order valence-electron chi connectivity index (χ4n) is 1.52. The maximum absolute atomic E-state index is 12.2. The van der Waals surface area contributed by atoms with E-state index in [4.69, 9.17) is 4.74 Å². The number of carbonyl (C=O) groups excluding carboxylic acids is 1. The number of ether oxygens (including phenoxy) is 1. The Labute approximate surface area is 108 Å². The molecular weight excluding hydrogens is 230 g/mol. The molecule has 5 heteroatoms. The molecule has 1 N–H and O–H groups in total. The Morgan fingerprint density at radius 1 is 1.56 bits per heavy atom. The summed E-state index contributed by atoms with van der Waals surface area (Å²) in [7, 11) is 3.55. The van der Waals surface area contributed by atoms with Crippen LogP contribution in [-0.2, 0) is 4.74 Å². The molecule has 1 aromatic heterocycles. The molecule has 0 radical (unpaired) electrons. The van der Waals surface area contributed by atoms with Gasteiger partial charge in [-0.3, -0.25) is 9.78 Å². The van der Waals surface area contributed by atoms with Crippen LogP contribution in [0, 0.1) is 0 Å². The number of hydrogen-bond acceptors (Lipinski definition) is 4. The summed E-state index contributed by atoms with van der Waals surface area (Å²) in [6.45, 7) is 5.05. The van der Waals surface area contributed by atoms with Gasteiger partial charge in [0.15, 0.2) is 0 Å². The number of hydrogen-bond donors (Lipinski definition) is 1. The highest BCUT2D eigenvalue weighted by molar-refractivity contribution is 5.99. The van der Waals surface area contributed by atoms with Gasteiger partial charge >= 0.3 is 0 Å². The van der Waals surface area contributed by atoms with Crippen LogP contribution in [0.2, 0.25) is 0 Å². The Balaban J connectivity index is 2.62. The van der Waals surface area contributed by atoms with E-state index in [1.54, 1.807) is 37.5 Å². The van der Waals surface area contributed by atoms with Gasteiger partial charge in [0.2, 0.25) is 0 Å². The van der Waals surface area contributed by atoms with Crippen LogP contribution in [0.5, 0.6) is 0 Å². The van der Waals surface area contributed by atoms with Crippen LogP contribution in [0.1, 0.15) is 24.2 Å². The summed E-state index contributed by atoms with van der Waals surface area (Å²) < 4.78 is 5.43. The van der Waals surface area contributed by atoms with Gasteiger partial charge in [-0.05, 0) is 19.9 Å². The van der Waals surface area contributed by atoms with Gasteiger partial charge in [0, 0.05) is 38.7 Å². The highest BCUT2D eigenvalue weighted by Gasteiger charge is 2.15. The minimum absolute atomic E-state index is 0.0557. The van der Waals surface area contributed by atoms with Crippen LogP contribution < -0.4 is 5.32 Å². The average molecular weight is 251 g/mol. The standard InChI is InChI=1S/C13H21N3O2/c1-10(2)18-8-7-16(4)13(17)11-9-15-6-5-12(11)14-3/h5-6,9-10H,7-8H2,1-4H3,(H,14,15). The Hall–Kier alpha value is -1.62. The van der Waals surface area contributed by atoms with Crippen LogP contribution >= 0.6 is 0 Å². The van der Waals surface area contributed by atoms with Crippen molar-refractivity contribution in [2.45, 2.75) is 20.0 Å². The first kappa shape index (κ1) is 14.4. The summed E-state index contributed by atoms with van der Waals surface area (Å²) in [5.41, 5.74) is 1.36. The molecule has 0 aliphatic heterocycles.